The van der Waals surface area contributed by atoms with Gasteiger partial charge in [-0.2, -0.15) is 5.26 Å². The predicted octanol–water partition coefficient (Wildman–Crippen LogP) is 4.56. The molecule has 0 heterocycles. The number of rotatable bonds is 5. The van der Waals surface area contributed by atoms with Gasteiger partial charge in [0.1, 0.15) is 11.6 Å². The van der Waals surface area contributed by atoms with Gasteiger partial charge in [-0.25, -0.2) is 4.39 Å². The van der Waals surface area contributed by atoms with E-state index >= 15 is 0 Å². The van der Waals surface area contributed by atoms with E-state index in [1.807, 2.05) is 12.1 Å². The highest BCUT2D eigenvalue weighted by Gasteiger charge is 2.11. The smallest absolute Gasteiger partial charge is 0.123 e. The lowest BCUT2D eigenvalue weighted by atomic mass is 9.98. The Hall–Kier alpha value is -2.05. The topological polar surface area (TPSA) is 33.0 Å². The first kappa shape index (κ1) is 14.4. The minimum absolute atomic E-state index is 0.269. The third kappa shape index (κ3) is 3.97. The number of hydrogen-bond acceptors (Lipinski definition) is 2. The van der Waals surface area contributed by atoms with Gasteiger partial charge in [0.15, 0.2) is 0 Å². The van der Waals surface area contributed by atoms with Crippen LogP contribution < -0.4 is 4.74 Å². The van der Waals surface area contributed by atoms with Gasteiger partial charge in [-0.05, 0) is 42.0 Å². The Morgan fingerprint density at radius 3 is 2.60 bits per heavy atom. The highest BCUT2D eigenvalue weighted by atomic mass is 35.5. The summed E-state index contributed by atoms with van der Waals surface area (Å²) in [5.41, 5.74) is 0.878. The Kier molecular flexibility index (Phi) is 4.97. The molecule has 0 amide bonds. The van der Waals surface area contributed by atoms with Crippen molar-refractivity contribution in [1.29, 1.82) is 5.26 Å². The molecule has 0 saturated carbocycles. The van der Waals surface area contributed by atoms with Crippen molar-refractivity contribution in [2.75, 3.05) is 6.61 Å². The number of nitrogens with zero attached hydrogens (tertiary/aromatic N) is 1. The van der Waals surface area contributed by atoms with E-state index in [4.69, 9.17) is 16.3 Å². The molecule has 0 bridgehead atoms. The minimum Gasteiger partial charge on any atom is -0.494 e. The summed E-state index contributed by atoms with van der Waals surface area (Å²) in [5, 5.41) is 9.82. The molecular formula is C16H13ClFNO. The summed E-state index contributed by atoms with van der Waals surface area (Å²) < 4.78 is 18.2. The molecule has 0 saturated heterocycles. The molecule has 20 heavy (non-hydrogen) atoms. The number of ether oxygens (including phenoxy) is 1. The van der Waals surface area contributed by atoms with Gasteiger partial charge < -0.3 is 4.74 Å². The highest BCUT2D eigenvalue weighted by Crippen LogP contribution is 2.22. The lowest BCUT2D eigenvalue weighted by Gasteiger charge is -2.11. The Morgan fingerprint density at radius 1 is 1.20 bits per heavy atom. The maximum atomic E-state index is 12.7. The summed E-state index contributed by atoms with van der Waals surface area (Å²) in [6.45, 7) is 0.385. The van der Waals surface area contributed by atoms with Crippen LogP contribution >= 0.6 is 11.6 Å². The summed E-state index contributed by atoms with van der Waals surface area (Å²) in [4.78, 5) is 0. The van der Waals surface area contributed by atoms with Crippen LogP contribution in [0, 0.1) is 17.1 Å². The van der Waals surface area contributed by atoms with Crippen molar-refractivity contribution in [2.24, 2.45) is 0 Å². The standard InChI is InChI=1S/C16H13ClFNO/c17-14-3-1-2-12(10-14)13(11-19)8-9-20-16-6-4-15(18)5-7-16/h1-7,10,13H,8-9H2. The highest BCUT2D eigenvalue weighted by molar-refractivity contribution is 6.30. The Morgan fingerprint density at radius 2 is 1.95 bits per heavy atom. The average molecular weight is 290 g/mol. The molecule has 1 atom stereocenters. The van der Waals surface area contributed by atoms with E-state index in [-0.39, 0.29) is 11.7 Å². The molecule has 0 aliphatic heterocycles. The molecular weight excluding hydrogens is 277 g/mol. The summed E-state index contributed by atoms with van der Waals surface area (Å²) in [7, 11) is 0. The summed E-state index contributed by atoms with van der Waals surface area (Å²) in [6, 6.07) is 15.3. The van der Waals surface area contributed by atoms with Crippen LogP contribution in [0.4, 0.5) is 4.39 Å². The molecule has 0 aliphatic carbocycles. The fourth-order valence-corrected chi connectivity index (χ4v) is 2.05. The van der Waals surface area contributed by atoms with Gasteiger partial charge in [0.25, 0.3) is 0 Å². The zero-order chi connectivity index (χ0) is 14.4. The Labute approximate surface area is 122 Å². The molecule has 4 heteroatoms. The van der Waals surface area contributed by atoms with Crippen LogP contribution in [0.3, 0.4) is 0 Å². The lowest BCUT2D eigenvalue weighted by Crippen LogP contribution is -2.04. The number of halogens is 2. The van der Waals surface area contributed by atoms with Crippen LogP contribution in [0.25, 0.3) is 0 Å². The van der Waals surface area contributed by atoms with E-state index in [1.165, 1.54) is 12.1 Å². The van der Waals surface area contributed by atoms with Crippen molar-refractivity contribution in [1.82, 2.24) is 0 Å². The molecule has 1 unspecified atom stereocenters. The van der Waals surface area contributed by atoms with Gasteiger partial charge in [0.05, 0.1) is 18.6 Å². The third-order valence-electron chi connectivity index (χ3n) is 2.90. The SMILES string of the molecule is N#CC(CCOc1ccc(F)cc1)c1cccc(Cl)c1. The second-order valence-electron chi connectivity index (χ2n) is 4.33. The van der Waals surface area contributed by atoms with Gasteiger partial charge in [-0.1, -0.05) is 23.7 Å². The van der Waals surface area contributed by atoms with E-state index in [0.29, 0.717) is 23.8 Å². The third-order valence-corrected chi connectivity index (χ3v) is 3.13. The Balaban J connectivity index is 1.92. The van der Waals surface area contributed by atoms with Crippen molar-refractivity contribution in [2.45, 2.75) is 12.3 Å². The van der Waals surface area contributed by atoms with E-state index in [9.17, 15) is 9.65 Å². The second-order valence-corrected chi connectivity index (χ2v) is 4.76. The van der Waals surface area contributed by atoms with E-state index in [2.05, 4.69) is 6.07 Å². The first-order valence-corrected chi connectivity index (χ1v) is 6.60. The van der Waals surface area contributed by atoms with Crippen molar-refractivity contribution >= 4 is 11.6 Å². The van der Waals surface area contributed by atoms with Crippen molar-refractivity contribution in [3.8, 4) is 11.8 Å². The van der Waals surface area contributed by atoms with Crippen LogP contribution in [0.5, 0.6) is 5.75 Å². The maximum absolute atomic E-state index is 12.7. The van der Waals surface area contributed by atoms with Crippen LogP contribution in [-0.4, -0.2) is 6.61 Å². The fraction of sp³-hybridized carbons (Fsp3) is 0.188. The monoisotopic (exact) mass is 289 g/mol. The molecule has 102 valence electrons. The zero-order valence-corrected chi connectivity index (χ0v) is 11.5. The molecule has 2 rings (SSSR count). The van der Waals surface area contributed by atoms with Crippen molar-refractivity contribution < 1.29 is 9.13 Å². The van der Waals surface area contributed by atoms with Crippen LogP contribution in [-0.2, 0) is 0 Å². The molecule has 0 fully saturated rings. The van der Waals surface area contributed by atoms with Gasteiger partial charge in [-0.3, -0.25) is 0 Å². The number of benzene rings is 2. The van der Waals surface area contributed by atoms with Crippen molar-refractivity contribution in [3.05, 3.63) is 64.9 Å². The molecule has 2 aromatic carbocycles. The van der Waals surface area contributed by atoms with Gasteiger partial charge in [0.2, 0.25) is 0 Å². The molecule has 0 aliphatic rings. The summed E-state index contributed by atoms with van der Waals surface area (Å²) in [6.07, 6.45) is 0.550. The minimum atomic E-state index is -0.300. The normalized spacial score (nSPS) is 11.7. The van der Waals surface area contributed by atoms with Crippen LogP contribution in [0.15, 0.2) is 48.5 Å². The fourth-order valence-electron chi connectivity index (χ4n) is 1.85. The number of hydrogen-bond donors (Lipinski definition) is 0. The maximum Gasteiger partial charge on any atom is 0.123 e. The average Bonchev–Trinajstić information content (AvgIpc) is 2.45. The van der Waals surface area contributed by atoms with Crippen molar-refractivity contribution in [3.63, 3.8) is 0 Å². The molecule has 2 nitrogen and oxygen atoms in total. The van der Waals surface area contributed by atoms with Gasteiger partial charge in [-0.15, -0.1) is 0 Å². The molecule has 0 spiro atoms. The number of nitriles is 1. The Bertz CT molecular complexity index is 607. The van der Waals surface area contributed by atoms with E-state index in [1.54, 1.807) is 24.3 Å². The van der Waals surface area contributed by atoms with Crippen LogP contribution in [0.2, 0.25) is 5.02 Å². The zero-order valence-electron chi connectivity index (χ0n) is 10.7. The molecule has 0 radical (unpaired) electrons. The first-order chi connectivity index (χ1) is 9.69. The van der Waals surface area contributed by atoms with Crippen LogP contribution in [0.1, 0.15) is 17.9 Å². The molecule has 0 aromatic heterocycles. The lowest BCUT2D eigenvalue weighted by molar-refractivity contribution is 0.305. The largest absolute Gasteiger partial charge is 0.494 e. The summed E-state index contributed by atoms with van der Waals surface area (Å²) >= 11 is 5.91. The summed E-state index contributed by atoms with van der Waals surface area (Å²) in [5.74, 6) is 0.0227. The van der Waals surface area contributed by atoms with Gasteiger partial charge >= 0.3 is 0 Å². The molecule has 2 aromatic rings. The predicted molar refractivity (Wildman–Crippen MR) is 76.3 cm³/mol. The second kappa shape index (κ2) is 6.93. The van der Waals surface area contributed by atoms with E-state index in [0.717, 1.165) is 5.56 Å². The first-order valence-electron chi connectivity index (χ1n) is 6.22. The van der Waals surface area contributed by atoms with E-state index < -0.39 is 0 Å². The van der Waals surface area contributed by atoms with Gasteiger partial charge in [0, 0.05) is 11.4 Å². The quantitative estimate of drug-likeness (QED) is 0.808. The molecule has 0 N–H and O–H groups in total.